The molecule has 2 heterocycles. The van der Waals surface area contributed by atoms with E-state index in [0.717, 1.165) is 25.3 Å². The Balaban J connectivity index is 2.20. The molecule has 78 valence electrons. The quantitative estimate of drug-likeness (QED) is 0.706. The highest BCUT2D eigenvalue weighted by Gasteiger charge is 2.14. The van der Waals surface area contributed by atoms with Crippen LogP contribution < -0.4 is 0 Å². The Morgan fingerprint density at radius 1 is 1.21 bits per heavy atom. The summed E-state index contributed by atoms with van der Waals surface area (Å²) in [6.07, 6.45) is 4.96. The highest BCUT2D eigenvalue weighted by atomic mass is 15.3. The molecule has 2 rings (SSSR count). The van der Waals surface area contributed by atoms with E-state index in [1.807, 2.05) is 0 Å². The lowest BCUT2D eigenvalue weighted by Crippen LogP contribution is -2.16. The van der Waals surface area contributed by atoms with Crippen LogP contribution in [0.25, 0.3) is 0 Å². The minimum atomic E-state index is 0.896. The first kappa shape index (κ1) is 9.65. The van der Waals surface area contributed by atoms with E-state index in [2.05, 4.69) is 33.8 Å². The lowest BCUT2D eigenvalue weighted by Gasteiger charge is -2.10. The van der Waals surface area contributed by atoms with Crippen LogP contribution in [0.1, 0.15) is 30.9 Å². The van der Waals surface area contributed by atoms with Crippen LogP contribution in [-0.2, 0) is 19.5 Å². The minimum absolute atomic E-state index is 0.896. The lowest BCUT2D eigenvalue weighted by atomic mass is 10.2. The second-order valence-electron chi connectivity index (χ2n) is 4.23. The van der Waals surface area contributed by atoms with Crippen LogP contribution in [0.5, 0.6) is 0 Å². The van der Waals surface area contributed by atoms with Crippen LogP contribution in [-0.4, -0.2) is 33.8 Å². The lowest BCUT2D eigenvalue weighted by molar-refractivity contribution is 0.378. The van der Waals surface area contributed by atoms with Crippen molar-refractivity contribution in [1.82, 2.24) is 19.7 Å². The van der Waals surface area contributed by atoms with Crippen molar-refractivity contribution in [3.63, 3.8) is 0 Å². The molecule has 1 aromatic rings. The van der Waals surface area contributed by atoms with Crippen molar-refractivity contribution in [3.8, 4) is 0 Å². The number of hydrogen-bond donors (Lipinski definition) is 0. The number of aromatic nitrogens is 3. The molecule has 0 atom stereocenters. The molecule has 0 unspecified atom stereocenters. The second-order valence-corrected chi connectivity index (χ2v) is 4.23. The van der Waals surface area contributed by atoms with Gasteiger partial charge in [-0.25, -0.2) is 0 Å². The van der Waals surface area contributed by atoms with Crippen molar-refractivity contribution in [2.75, 3.05) is 14.1 Å². The molecule has 0 radical (unpaired) electrons. The summed E-state index contributed by atoms with van der Waals surface area (Å²) >= 11 is 0. The molecule has 1 aromatic heterocycles. The average molecular weight is 194 g/mol. The van der Waals surface area contributed by atoms with E-state index in [9.17, 15) is 0 Å². The Morgan fingerprint density at radius 3 is 2.86 bits per heavy atom. The Kier molecular flexibility index (Phi) is 2.82. The van der Waals surface area contributed by atoms with E-state index in [1.54, 1.807) is 0 Å². The average Bonchev–Trinajstić information content (AvgIpc) is 2.37. The van der Waals surface area contributed by atoms with Gasteiger partial charge in [-0.1, -0.05) is 6.42 Å². The molecule has 0 saturated heterocycles. The van der Waals surface area contributed by atoms with Crippen LogP contribution in [0.4, 0.5) is 0 Å². The summed E-state index contributed by atoms with van der Waals surface area (Å²) in [5, 5.41) is 8.51. The maximum absolute atomic E-state index is 4.26. The van der Waals surface area contributed by atoms with Gasteiger partial charge >= 0.3 is 0 Å². The molecule has 0 N–H and O–H groups in total. The molecular weight excluding hydrogens is 176 g/mol. The normalized spacial score (nSPS) is 16.8. The van der Waals surface area contributed by atoms with Crippen molar-refractivity contribution in [2.45, 2.75) is 38.8 Å². The van der Waals surface area contributed by atoms with Gasteiger partial charge in [0.15, 0.2) is 0 Å². The van der Waals surface area contributed by atoms with Crippen LogP contribution in [0.3, 0.4) is 0 Å². The standard InChI is InChI=1S/C10H18N4/c1-13(2)8-10-12-11-9-6-4-3-5-7-14(9)10/h3-8H2,1-2H3. The number of nitrogens with zero attached hydrogens (tertiary/aromatic N) is 4. The van der Waals surface area contributed by atoms with E-state index in [1.165, 1.54) is 25.1 Å². The van der Waals surface area contributed by atoms with Gasteiger partial charge < -0.3 is 9.47 Å². The van der Waals surface area contributed by atoms with E-state index in [0.29, 0.717) is 0 Å². The molecule has 4 nitrogen and oxygen atoms in total. The zero-order valence-electron chi connectivity index (χ0n) is 9.03. The number of fused-ring (bicyclic) bond motifs is 1. The molecule has 0 fully saturated rings. The van der Waals surface area contributed by atoms with E-state index >= 15 is 0 Å². The van der Waals surface area contributed by atoms with Crippen LogP contribution in [0, 0.1) is 0 Å². The molecule has 0 aromatic carbocycles. The monoisotopic (exact) mass is 194 g/mol. The third-order valence-corrected chi connectivity index (χ3v) is 2.64. The van der Waals surface area contributed by atoms with Gasteiger partial charge in [0.2, 0.25) is 0 Å². The molecule has 1 aliphatic heterocycles. The minimum Gasteiger partial charge on any atom is -0.314 e. The zero-order valence-corrected chi connectivity index (χ0v) is 9.03. The molecule has 0 bridgehead atoms. The first-order valence-corrected chi connectivity index (χ1v) is 5.33. The summed E-state index contributed by atoms with van der Waals surface area (Å²) < 4.78 is 2.30. The third-order valence-electron chi connectivity index (χ3n) is 2.64. The molecular formula is C10H18N4. The Morgan fingerprint density at radius 2 is 2.07 bits per heavy atom. The maximum Gasteiger partial charge on any atom is 0.147 e. The molecule has 0 saturated carbocycles. The van der Waals surface area contributed by atoms with Crippen molar-refractivity contribution in [2.24, 2.45) is 0 Å². The van der Waals surface area contributed by atoms with Crippen LogP contribution >= 0.6 is 0 Å². The molecule has 0 amide bonds. The number of hydrogen-bond acceptors (Lipinski definition) is 3. The summed E-state index contributed by atoms with van der Waals surface area (Å²) in [7, 11) is 4.14. The SMILES string of the molecule is CN(C)Cc1nnc2n1CCCCC2. The van der Waals surface area contributed by atoms with Crippen LogP contribution in [0.2, 0.25) is 0 Å². The second kappa shape index (κ2) is 4.09. The van der Waals surface area contributed by atoms with Gasteiger partial charge in [-0.2, -0.15) is 0 Å². The highest BCUT2D eigenvalue weighted by Crippen LogP contribution is 2.14. The fourth-order valence-corrected chi connectivity index (χ4v) is 1.95. The van der Waals surface area contributed by atoms with E-state index < -0.39 is 0 Å². The summed E-state index contributed by atoms with van der Waals surface area (Å²) in [5.74, 6) is 2.30. The first-order valence-electron chi connectivity index (χ1n) is 5.33. The van der Waals surface area contributed by atoms with Gasteiger partial charge in [-0.05, 0) is 26.9 Å². The first-order chi connectivity index (χ1) is 6.77. The predicted octanol–water partition coefficient (Wildman–Crippen LogP) is 1.07. The van der Waals surface area contributed by atoms with Crippen molar-refractivity contribution in [3.05, 3.63) is 11.6 Å². The Bertz CT molecular complexity index is 303. The van der Waals surface area contributed by atoms with Crippen molar-refractivity contribution >= 4 is 0 Å². The fourth-order valence-electron chi connectivity index (χ4n) is 1.95. The maximum atomic E-state index is 4.26. The predicted molar refractivity (Wildman–Crippen MR) is 55.0 cm³/mol. The number of rotatable bonds is 2. The molecule has 14 heavy (non-hydrogen) atoms. The van der Waals surface area contributed by atoms with Crippen molar-refractivity contribution < 1.29 is 0 Å². The van der Waals surface area contributed by atoms with Crippen LogP contribution in [0.15, 0.2) is 0 Å². The Hall–Kier alpha value is -0.900. The Labute approximate surface area is 84.9 Å². The van der Waals surface area contributed by atoms with Gasteiger partial charge in [0.25, 0.3) is 0 Å². The number of aryl methyl sites for hydroxylation is 1. The summed E-state index contributed by atoms with van der Waals surface area (Å²) in [5.41, 5.74) is 0. The third kappa shape index (κ3) is 1.95. The van der Waals surface area contributed by atoms with Gasteiger partial charge in [0.1, 0.15) is 11.6 Å². The van der Waals surface area contributed by atoms with Gasteiger partial charge in [0.05, 0.1) is 6.54 Å². The van der Waals surface area contributed by atoms with Gasteiger partial charge in [0, 0.05) is 13.0 Å². The molecule has 0 aliphatic carbocycles. The molecule has 4 heteroatoms. The topological polar surface area (TPSA) is 34.0 Å². The van der Waals surface area contributed by atoms with Crippen molar-refractivity contribution in [1.29, 1.82) is 0 Å². The summed E-state index contributed by atoms with van der Waals surface area (Å²) in [4.78, 5) is 2.14. The van der Waals surface area contributed by atoms with Gasteiger partial charge in [-0.3, -0.25) is 0 Å². The highest BCUT2D eigenvalue weighted by molar-refractivity contribution is 4.97. The zero-order chi connectivity index (χ0) is 9.97. The summed E-state index contributed by atoms with van der Waals surface area (Å²) in [6.45, 7) is 2.00. The molecule has 0 spiro atoms. The van der Waals surface area contributed by atoms with E-state index in [-0.39, 0.29) is 0 Å². The van der Waals surface area contributed by atoms with E-state index in [4.69, 9.17) is 0 Å². The summed E-state index contributed by atoms with van der Waals surface area (Å²) in [6, 6.07) is 0. The molecule has 1 aliphatic rings. The van der Waals surface area contributed by atoms with Gasteiger partial charge in [-0.15, -0.1) is 10.2 Å². The smallest absolute Gasteiger partial charge is 0.147 e. The fraction of sp³-hybridized carbons (Fsp3) is 0.800. The largest absolute Gasteiger partial charge is 0.314 e.